The standard InChI is InChI=1S/C48H49N2O8/c49-26-58-42-21-27(12-16-39(42)53)11-14-31(52)23-40(54)34-15-13-29-22-38(48-18-4-3-10-37(48)33-17-19-50-45(33)32-8-1-2-9-36(32)48)44(34)35-24-41(55)46(56)47(43(29)35)57-25-28-6-5-7-30(51)20-28/h1-2,5-9,12-13,15-17,19-21,24,29,34,37-38,40,44,51,53-56H,3-4,10-11,14,18,22-23,25-26,49H2/q-1. The van der Waals surface area contributed by atoms with Crippen LogP contribution in [0.2, 0.25) is 0 Å². The van der Waals surface area contributed by atoms with E-state index in [0.29, 0.717) is 18.4 Å². The van der Waals surface area contributed by atoms with E-state index in [1.54, 1.807) is 36.4 Å². The lowest BCUT2D eigenvalue weighted by molar-refractivity contribution is -0.121. The van der Waals surface area contributed by atoms with E-state index in [4.69, 9.17) is 20.2 Å². The summed E-state index contributed by atoms with van der Waals surface area (Å²) in [5.41, 5.74) is 13.0. The van der Waals surface area contributed by atoms with E-state index in [1.807, 2.05) is 12.3 Å². The van der Waals surface area contributed by atoms with Gasteiger partial charge in [-0.1, -0.05) is 79.1 Å². The Morgan fingerprint density at radius 2 is 1.76 bits per heavy atom. The fraction of sp³-hybridized carbons (Fsp3) is 0.354. The van der Waals surface area contributed by atoms with Gasteiger partial charge in [0.05, 0.1) is 6.10 Å². The second kappa shape index (κ2) is 15.2. The molecule has 1 aromatic heterocycles. The molecule has 1 heterocycles. The van der Waals surface area contributed by atoms with E-state index in [9.17, 15) is 30.3 Å². The number of benzene rings is 4. The normalized spacial score (nSPS) is 24.5. The molecule has 0 saturated heterocycles. The van der Waals surface area contributed by atoms with Crippen molar-refractivity contribution in [2.75, 3.05) is 6.73 Å². The second-order valence-electron chi connectivity index (χ2n) is 16.5. The smallest absolute Gasteiger partial charge is 0.200 e. The van der Waals surface area contributed by atoms with Crippen molar-refractivity contribution in [2.45, 2.75) is 87.2 Å². The number of rotatable bonds is 12. The van der Waals surface area contributed by atoms with Crippen molar-refractivity contribution in [3.05, 3.63) is 131 Å². The van der Waals surface area contributed by atoms with Crippen LogP contribution in [0.5, 0.6) is 34.5 Å². The van der Waals surface area contributed by atoms with Gasteiger partial charge in [-0.3, -0.25) is 10.5 Å². The summed E-state index contributed by atoms with van der Waals surface area (Å²) in [4.78, 5) is 18.6. The van der Waals surface area contributed by atoms with E-state index in [-0.39, 0.29) is 95.5 Å². The van der Waals surface area contributed by atoms with Crippen LogP contribution in [0, 0.1) is 11.8 Å². The van der Waals surface area contributed by atoms with Crippen LogP contribution in [0.4, 0.5) is 0 Å². The van der Waals surface area contributed by atoms with Gasteiger partial charge in [-0.25, -0.2) is 0 Å². The summed E-state index contributed by atoms with van der Waals surface area (Å²) in [5.74, 6) is -1.14. The van der Waals surface area contributed by atoms with E-state index >= 15 is 0 Å². The number of nitrogens with zero attached hydrogens (tertiary/aromatic N) is 1. The minimum Gasteiger partial charge on any atom is -0.663 e. The first-order chi connectivity index (χ1) is 28.2. The van der Waals surface area contributed by atoms with Crippen LogP contribution < -0.4 is 20.2 Å². The van der Waals surface area contributed by atoms with Gasteiger partial charge in [-0.2, -0.15) is 6.20 Å². The van der Waals surface area contributed by atoms with Gasteiger partial charge < -0.3 is 40.0 Å². The molecular formula is C48H49N2O8-. The first-order valence-corrected chi connectivity index (χ1v) is 20.4. The molecule has 7 unspecified atom stereocenters. The molecule has 2 bridgehead atoms. The summed E-state index contributed by atoms with van der Waals surface area (Å²) < 4.78 is 11.7. The Bertz CT molecular complexity index is 2390. The summed E-state index contributed by atoms with van der Waals surface area (Å²) in [7, 11) is 0. The molecule has 0 aliphatic heterocycles. The zero-order valence-corrected chi connectivity index (χ0v) is 32.3. The summed E-state index contributed by atoms with van der Waals surface area (Å²) in [6.45, 7) is -0.0415. The highest BCUT2D eigenvalue weighted by Crippen LogP contribution is 2.68. The molecule has 0 radical (unpaired) electrons. The van der Waals surface area contributed by atoms with Crippen molar-refractivity contribution < 1.29 is 39.8 Å². The number of hydrogen-bond donors (Lipinski definition) is 6. The highest BCUT2D eigenvalue weighted by molar-refractivity contribution is 5.79. The quantitative estimate of drug-likeness (QED) is 0.0414. The van der Waals surface area contributed by atoms with Crippen LogP contribution in [0.1, 0.15) is 96.1 Å². The number of allylic oxidation sites excluding steroid dienone is 1. The van der Waals surface area contributed by atoms with Crippen LogP contribution in [0.25, 0.3) is 11.3 Å². The van der Waals surface area contributed by atoms with E-state index in [0.717, 1.165) is 53.6 Å². The van der Waals surface area contributed by atoms with Crippen LogP contribution in [-0.4, -0.2) is 44.2 Å². The number of phenolic OH excluding ortho intramolecular Hbond substituents is 4. The van der Waals surface area contributed by atoms with Crippen molar-refractivity contribution in [3.8, 4) is 45.8 Å². The fourth-order valence-corrected chi connectivity index (χ4v) is 11.2. The molecule has 1 fully saturated rings. The van der Waals surface area contributed by atoms with E-state index in [1.165, 1.54) is 17.2 Å². The number of ether oxygens (including phenoxy) is 2. The number of Topliss-reactive ketones (excluding diaryl/α,β-unsaturated/α-hetero) is 1. The number of nitrogens with two attached hydrogens (primary N) is 1. The Kier molecular flexibility index (Phi) is 9.94. The SMILES string of the molecule is NCOc1cc(CCC(=O)CC(O)C2C=CC3CC(C45CCCCC4c4cc[n-]c4-c4ccccc45)C2c2cc(O)c(O)c(OCc4cccc(O)c4)c23)ccc1O. The maximum Gasteiger partial charge on any atom is 0.200 e. The molecule has 58 heavy (non-hydrogen) atoms. The maximum absolute atomic E-state index is 13.8. The molecular weight excluding hydrogens is 733 g/mol. The number of fused-ring (bicyclic) bond motifs is 9. The predicted octanol–water partition coefficient (Wildman–Crippen LogP) is 7.94. The van der Waals surface area contributed by atoms with Gasteiger partial charge >= 0.3 is 0 Å². The van der Waals surface area contributed by atoms with Gasteiger partial charge in [-0.05, 0) is 102 Å². The van der Waals surface area contributed by atoms with Gasteiger partial charge in [0, 0.05) is 35.7 Å². The predicted molar refractivity (Wildman–Crippen MR) is 218 cm³/mol. The van der Waals surface area contributed by atoms with Crippen LogP contribution in [0.15, 0.2) is 97.2 Å². The maximum atomic E-state index is 13.8. The molecule has 1 saturated carbocycles. The van der Waals surface area contributed by atoms with Crippen molar-refractivity contribution in [3.63, 3.8) is 0 Å². The monoisotopic (exact) mass is 781 g/mol. The van der Waals surface area contributed by atoms with Gasteiger partial charge in [0.1, 0.15) is 24.9 Å². The average molecular weight is 782 g/mol. The molecule has 5 aliphatic rings. The number of carbonyl (C=O) groups excluding carboxylic acids is 1. The first-order valence-electron chi connectivity index (χ1n) is 20.4. The number of phenols is 4. The molecule has 7 atom stereocenters. The van der Waals surface area contributed by atoms with Crippen molar-refractivity contribution >= 4 is 5.78 Å². The van der Waals surface area contributed by atoms with Crippen LogP contribution in [-0.2, 0) is 23.2 Å². The number of aliphatic hydroxyl groups is 1. The van der Waals surface area contributed by atoms with Crippen molar-refractivity contribution in [1.82, 2.24) is 4.98 Å². The summed E-state index contributed by atoms with van der Waals surface area (Å²) in [5, 5.41) is 55.6. The summed E-state index contributed by atoms with van der Waals surface area (Å²) in [6, 6.07) is 24.2. The zero-order chi connectivity index (χ0) is 40.1. The summed E-state index contributed by atoms with van der Waals surface area (Å²) >= 11 is 0. The average Bonchev–Trinajstić information content (AvgIpc) is 3.57. The Morgan fingerprint density at radius 3 is 2.60 bits per heavy atom. The number of aromatic nitrogens is 1. The lowest BCUT2D eigenvalue weighted by atomic mass is 9.46. The van der Waals surface area contributed by atoms with Crippen LogP contribution in [0.3, 0.4) is 0 Å². The zero-order valence-electron chi connectivity index (χ0n) is 32.3. The Morgan fingerprint density at radius 1 is 0.897 bits per heavy atom. The summed E-state index contributed by atoms with van der Waals surface area (Å²) in [6.07, 6.45) is 10.4. The van der Waals surface area contributed by atoms with Gasteiger partial charge in [0.2, 0.25) is 5.75 Å². The topological polar surface area (TPSA) is 177 Å². The number of aryl methyl sites for hydroxylation is 1. The van der Waals surface area contributed by atoms with Crippen molar-refractivity contribution in [2.24, 2.45) is 17.6 Å². The molecule has 0 amide bonds. The highest BCUT2D eigenvalue weighted by atomic mass is 16.5. The van der Waals surface area contributed by atoms with Gasteiger partial charge in [-0.15, -0.1) is 5.69 Å². The fourth-order valence-electron chi connectivity index (χ4n) is 11.2. The van der Waals surface area contributed by atoms with Gasteiger partial charge in [0.15, 0.2) is 23.0 Å². The number of aromatic hydroxyl groups is 4. The largest absolute Gasteiger partial charge is 0.663 e. The lowest BCUT2D eigenvalue weighted by Crippen LogP contribution is -2.50. The Balaban J connectivity index is 1.12. The number of ketones is 1. The number of carbonyl (C=O) groups is 1. The van der Waals surface area contributed by atoms with E-state index < -0.39 is 12.0 Å². The number of aliphatic hydroxyl groups excluding tert-OH is 1. The first kappa shape index (κ1) is 37.8. The molecule has 5 aliphatic carbocycles. The molecule has 4 aromatic carbocycles. The van der Waals surface area contributed by atoms with Crippen molar-refractivity contribution in [1.29, 1.82) is 0 Å². The Hall–Kier alpha value is -5.71. The molecule has 300 valence electrons. The van der Waals surface area contributed by atoms with Crippen LogP contribution >= 0.6 is 0 Å². The lowest BCUT2D eigenvalue weighted by Gasteiger charge is -2.58. The molecule has 10 heteroatoms. The highest BCUT2D eigenvalue weighted by Gasteiger charge is 2.58. The molecule has 7 N–H and O–H groups in total. The van der Waals surface area contributed by atoms with E-state index in [2.05, 4.69) is 42.5 Å². The minimum atomic E-state index is -1.04. The Labute approximate surface area is 337 Å². The molecule has 10 nitrogen and oxygen atoms in total. The number of hydrogen-bond acceptors (Lipinski definition) is 9. The molecule has 5 aromatic rings. The van der Waals surface area contributed by atoms with Gasteiger partial charge in [0.25, 0.3) is 0 Å². The third kappa shape index (κ3) is 6.39. The molecule has 10 rings (SSSR count). The molecule has 0 spiro atoms. The third-order valence-corrected chi connectivity index (χ3v) is 13.5. The second-order valence-corrected chi connectivity index (χ2v) is 16.5. The third-order valence-electron chi connectivity index (χ3n) is 13.5. The minimum absolute atomic E-state index is 0.0231.